The Balaban J connectivity index is 1.87. The summed E-state index contributed by atoms with van der Waals surface area (Å²) >= 11 is 0. The molecule has 0 spiro atoms. The molecule has 0 radical (unpaired) electrons. The highest BCUT2D eigenvalue weighted by Crippen LogP contribution is 2.40. The van der Waals surface area contributed by atoms with Crippen molar-refractivity contribution >= 4 is 5.78 Å². The Morgan fingerprint density at radius 1 is 1.06 bits per heavy atom. The molecule has 4 N–H and O–H groups in total. The number of hydrogen-bond acceptors (Lipinski definition) is 6. The third kappa shape index (κ3) is 5.09. The Labute approximate surface area is 181 Å². The van der Waals surface area contributed by atoms with E-state index in [1.165, 1.54) is 29.8 Å². The van der Waals surface area contributed by atoms with Crippen molar-refractivity contribution in [1.82, 2.24) is 0 Å². The summed E-state index contributed by atoms with van der Waals surface area (Å²) in [5.41, 5.74) is 3.41. The lowest BCUT2D eigenvalue weighted by molar-refractivity contribution is 0.0214. The number of phenols is 3. The predicted octanol–water partition coefficient (Wildman–Crippen LogP) is 4.72. The summed E-state index contributed by atoms with van der Waals surface area (Å²) in [4.78, 5) is 12.6. The van der Waals surface area contributed by atoms with Crippen LogP contribution in [-0.2, 0) is 6.42 Å². The lowest BCUT2D eigenvalue weighted by Crippen LogP contribution is -2.36. The van der Waals surface area contributed by atoms with Gasteiger partial charge in [-0.25, -0.2) is 0 Å². The molecule has 0 saturated heterocycles. The number of Topliss-reactive ketones (excluding diaryl/α,β-unsaturated/α-hetero) is 1. The van der Waals surface area contributed by atoms with Crippen LogP contribution >= 0.6 is 0 Å². The highest BCUT2D eigenvalue weighted by atomic mass is 16.5. The summed E-state index contributed by atoms with van der Waals surface area (Å²) in [6, 6.07) is 6.95. The molecule has 6 nitrogen and oxygen atoms in total. The number of fused-ring (bicyclic) bond motifs is 1. The number of ether oxygens (including phenoxy) is 1. The Bertz CT molecular complexity index is 1050. The zero-order chi connectivity index (χ0) is 22.7. The number of aromatic hydroxyl groups is 3. The van der Waals surface area contributed by atoms with E-state index >= 15 is 0 Å². The van der Waals surface area contributed by atoms with E-state index in [-0.39, 0.29) is 28.6 Å². The van der Waals surface area contributed by atoms with Crippen LogP contribution in [0.25, 0.3) is 0 Å². The molecule has 0 saturated carbocycles. The molecule has 6 heteroatoms. The van der Waals surface area contributed by atoms with Gasteiger partial charge in [0.25, 0.3) is 0 Å². The molecule has 0 fully saturated rings. The van der Waals surface area contributed by atoms with Gasteiger partial charge in [0, 0.05) is 11.6 Å². The van der Waals surface area contributed by atoms with Gasteiger partial charge in [-0.05, 0) is 69.9 Å². The second-order valence-corrected chi connectivity index (χ2v) is 8.15. The third-order valence-corrected chi connectivity index (χ3v) is 5.32. The Morgan fingerprint density at radius 3 is 2.52 bits per heavy atom. The first-order chi connectivity index (χ1) is 14.7. The first kappa shape index (κ1) is 22.4. The smallest absolute Gasteiger partial charge is 0.199 e. The molecule has 2 aromatic rings. The molecule has 1 heterocycles. The van der Waals surface area contributed by atoms with Crippen LogP contribution in [-0.4, -0.2) is 32.3 Å². The molecule has 31 heavy (non-hydrogen) atoms. The number of hydrogen-bond donors (Lipinski definition) is 4. The molecule has 1 aliphatic rings. The van der Waals surface area contributed by atoms with Crippen LogP contribution in [0.15, 0.2) is 53.6 Å². The average Bonchev–Trinajstić information content (AvgIpc) is 2.71. The SMILES string of the molecule is CC(C)=CCC/C(C)=C/Cc1cc([C@H]2Oc3cc(O)ccc3C(=O)[C@@H]2O)cc(O)c1O. The van der Waals surface area contributed by atoms with Crippen molar-refractivity contribution in [1.29, 1.82) is 0 Å². The van der Waals surface area contributed by atoms with Crippen LogP contribution in [0.5, 0.6) is 23.0 Å². The minimum absolute atomic E-state index is 0.0651. The van der Waals surface area contributed by atoms with Crippen LogP contribution in [0.4, 0.5) is 0 Å². The van der Waals surface area contributed by atoms with Gasteiger partial charge in [-0.2, -0.15) is 0 Å². The van der Waals surface area contributed by atoms with Crippen molar-refractivity contribution in [3.8, 4) is 23.0 Å². The summed E-state index contributed by atoms with van der Waals surface area (Å²) in [6.45, 7) is 6.12. The van der Waals surface area contributed by atoms with Gasteiger partial charge in [-0.1, -0.05) is 23.3 Å². The van der Waals surface area contributed by atoms with Crippen molar-refractivity contribution in [2.75, 3.05) is 0 Å². The van der Waals surface area contributed by atoms with Crippen molar-refractivity contribution in [3.63, 3.8) is 0 Å². The number of aliphatic hydroxyl groups is 1. The number of carbonyl (C=O) groups excluding carboxylic acids is 1. The Morgan fingerprint density at radius 2 is 1.81 bits per heavy atom. The van der Waals surface area contributed by atoms with E-state index in [1.54, 1.807) is 6.07 Å². The second kappa shape index (κ2) is 9.27. The van der Waals surface area contributed by atoms with E-state index in [2.05, 4.69) is 19.9 Å². The van der Waals surface area contributed by atoms with E-state index in [1.807, 2.05) is 13.0 Å². The fraction of sp³-hybridized carbons (Fsp3) is 0.320. The molecule has 0 amide bonds. The van der Waals surface area contributed by atoms with Crippen molar-refractivity contribution in [2.45, 2.75) is 52.2 Å². The zero-order valence-corrected chi connectivity index (χ0v) is 17.9. The molecule has 2 aromatic carbocycles. The van der Waals surface area contributed by atoms with Crippen molar-refractivity contribution in [2.24, 2.45) is 0 Å². The van der Waals surface area contributed by atoms with Gasteiger partial charge < -0.3 is 25.2 Å². The number of benzene rings is 2. The Kier molecular flexibility index (Phi) is 6.71. The summed E-state index contributed by atoms with van der Waals surface area (Å²) in [5, 5.41) is 40.8. The molecular weight excluding hydrogens is 396 g/mol. The number of rotatable bonds is 6. The van der Waals surface area contributed by atoms with Crippen molar-refractivity contribution < 1.29 is 30.0 Å². The van der Waals surface area contributed by atoms with E-state index in [0.717, 1.165) is 18.4 Å². The maximum absolute atomic E-state index is 12.6. The molecule has 0 unspecified atom stereocenters. The summed E-state index contributed by atoms with van der Waals surface area (Å²) in [6.07, 6.45) is 3.78. The number of ketones is 1. The minimum atomic E-state index is -1.48. The first-order valence-corrected chi connectivity index (χ1v) is 10.2. The maximum Gasteiger partial charge on any atom is 0.199 e. The van der Waals surface area contributed by atoms with Crippen LogP contribution < -0.4 is 4.74 Å². The topological polar surface area (TPSA) is 107 Å². The molecule has 1 aliphatic heterocycles. The normalized spacial score (nSPS) is 18.3. The standard InChI is InChI=1S/C25H28O6/c1-14(2)5-4-6-15(3)7-8-16-11-17(12-20(27)22(16)28)25-24(30)23(29)19-10-9-18(26)13-21(19)31-25/h5,7,9-13,24-28,30H,4,6,8H2,1-3H3/b15-7+/t24-,25+/m0/s1. The van der Waals surface area contributed by atoms with E-state index in [4.69, 9.17) is 4.74 Å². The predicted molar refractivity (Wildman–Crippen MR) is 118 cm³/mol. The monoisotopic (exact) mass is 424 g/mol. The largest absolute Gasteiger partial charge is 0.508 e. The number of carbonyl (C=O) groups is 1. The molecule has 0 aromatic heterocycles. The lowest BCUT2D eigenvalue weighted by Gasteiger charge is -2.30. The molecule has 3 rings (SSSR count). The second-order valence-electron chi connectivity index (χ2n) is 8.15. The van der Waals surface area contributed by atoms with Gasteiger partial charge in [0.1, 0.15) is 11.5 Å². The van der Waals surface area contributed by atoms with Gasteiger partial charge in [0.15, 0.2) is 29.5 Å². The fourth-order valence-corrected chi connectivity index (χ4v) is 3.56. The van der Waals surface area contributed by atoms with Gasteiger partial charge in [0.05, 0.1) is 5.56 Å². The molecule has 2 atom stereocenters. The Hall–Kier alpha value is -3.25. The van der Waals surface area contributed by atoms with E-state index in [0.29, 0.717) is 17.5 Å². The van der Waals surface area contributed by atoms with E-state index in [9.17, 15) is 25.2 Å². The summed E-state index contributed by atoms with van der Waals surface area (Å²) in [7, 11) is 0. The van der Waals surface area contributed by atoms with Crippen LogP contribution in [0.3, 0.4) is 0 Å². The van der Waals surface area contributed by atoms with Crippen LogP contribution in [0.2, 0.25) is 0 Å². The molecule has 0 bridgehead atoms. The highest BCUT2D eigenvalue weighted by molar-refractivity contribution is 6.03. The summed E-state index contributed by atoms with van der Waals surface area (Å²) < 4.78 is 5.79. The van der Waals surface area contributed by atoms with Gasteiger partial charge in [-0.15, -0.1) is 0 Å². The average molecular weight is 424 g/mol. The third-order valence-electron chi connectivity index (χ3n) is 5.32. The van der Waals surface area contributed by atoms with E-state index < -0.39 is 18.0 Å². The highest BCUT2D eigenvalue weighted by Gasteiger charge is 2.37. The lowest BCUT2D eigenvalue weighted by atomic mass is 9.91. The quantitative estimate of drug-likeness (QED) is 0.395. The number of aliphatic hydroxyl groups excluding tert-OH is 1. The summed E-state index contributed by atoms with van der Waals surface area (Å²) in [5.74, 6) is -1.04. The molecular formula is C25H28O6. The molecule has 164 valence electrons. The number of phenolic OH excluding ortho intramolecular Hbond substituents is 3. The minimum Gasteiger partial charge on any atom is -0.508 e. The van der Waals surface area contributed by atoms with Gasteiger partial charge in [0.2, 0.25) is 0 Å². The zero-order valence-electron chi connectivity index (χ0n) is 17.9. The number of allylic oxidation sites excluding steroid dienone is 4. The maximum atomic E-state index is 12.6. The molecule has 0 aliphatic carbocycles. The van der Waals surface area contributed by atoms with Crippen LogP contribution in [0.1, 0.15) is 61.2 Å². The first-order valence-electron chi connectivity index (χ1n) is 10.2. The fourth-order valence-electron chi connectivity index (χ4n) is 3.56. The van der Waals surface area contributed by atoms with Crippen molar-refractivity contribution in [3.05, 3.63) is 70.3 Å². The van der Waals surface area contributed by atoms with Gasteiger partial charge >= 0.3 is 0 Å². The van der Waals surface area contributed by atoms with Gasteiger partial charge in [-0.3, -0.25) is 4.79 Å². The van der Waals surface area contributed by atoms with Crippen LogP contribution in [0, 0.1) is 0 Å².